The van der Waals surface area contributed by atoms with Gasteiger partial charge in [-0.25, -0.2) is 0 Å². The van der Waals surface area contributed by atoms with Gasteiger partial charge in [0.15, 0.2) is 0 Å². The molecule has 1 saturated carbocycles. The van der Waals surface area contributed by atoms with Crippen molar-refractivity contribution < 1.29 is 9.59 Å². The van der Waals surface area contributed by atoms with Crippen LogP contribution < -0.4 is 10.2 Å². The predicted octanol–water partition coefficient (Wildman–Crippen LogP) is 3.69. The first-order chi connectivity index (χ1) is 12.6. The van der Waals surface area contributed by atoms with Crippen molar-refractivity contribution in [1.82, 2.24) is 5.32 Å². The number of anilines is 1. The molecule has 4 rings (SSSR count). The number of hydrogen-bond donors (Lipinski definition) is 1. The molecule has 2 aromatic carbocycles. The van der Waals surface area contributed by atoms with Crippen molar-refractivity contribution in [2.75, 3.05) is 4.90 Å². The molecule has 1 fully saturated rings. The van der Waals surface area contributed by atoms with Crippen LogP contribution in [0.15, 0.2) is 48.5 Å². The van der Waals surface area contributed by atoms with Gasteiger partial charge < -0.3 is 10.2 Å². The normalized spacial score (nSPS) is 19.0. The average Bonchev–Trinajstić information content (AvgIpc) is 2.93. The topological polar surface area (TPSA) is 49.4 Å². The Hall–Kier alpha value is -2.62. The number of amides is 2. The van der Waals surface area contributed by atoms with Gasteiger partial charge in [0.1, 0.15) is 0 Å². The predicted molar refractivity (Wildman–Crippen MR) is 102 cm³/mol. The fourth-order valence-electron chi connectivity index (χ4n) is 3.80. The van der Waals surface area contributed by atoms with Gasteiger partial charge in [0.25, 0.3) is 5.91 Å². The van der Waals surface area contributed by atoms with Gasteiger partial charge in [0.2, 0.25) is 5.91 Å². The van der Waals surface area contributed by atoms with E-state index in [9.17, 15) is 9.59 Å². The van der Waals surface area contributed by atoms with E-state index >= 15 is 0 Å². The van der Waals surface area contributed by atoms with Crippen LogP contribution in [0.2, 0.25) is 0 Å². The summed E-state index contributed by atoms with van der Waals surface area (Å²) in [6.07, 6.45) is 4.04. The van der Waals surface area contributed by atoms with Crippen LogP contribution in [0.25, 0.3) is 0 Å². The number of carbonyl (C=O) groups excluding carboxylic acids is 2. The summed E-state index contributed by atoms with van der Waals surface area (Å²) < 4.78 is 0. The molecular weight excluding hydrogens is 324 g/mol. The molecule has 2 aliphatic rings. The lowest BCUT2D eigenvalue weighted by Gasteiger charge is -2.24. The third kappa shape index (κ3) is 3.12. The molecule has 26 heavy (non-hydrogen) atoms. The van der Waals surface area contributed by atoms with Gasteiger partial charge in [-0.3, -0.25) is 9.59 Å². The SMILES string of the molecule is CC1Cc2ccc(CNC(=O)C3CCC3)cc2N1C(=O)c1ccccc1. The number of nitrogens with zero attached hydrogens (tertiary/aromatic N) is 1. The summed E-state index contributed by atoms with van der Waals surface area (Å²) >= 11 is 0. The van der Waals surface area contributed by atoms with Crippen molar-refractivity contribution >= 4 is 17.5 Å². The zero-order chi connectivity index (χ0) is 18.1. The summed E-state index contributed by atoms with van der Waals surface area (Å²) in [4.78, 5) is 26.9. The quantitative estimate of drug-likeness (QED) is 0.916. The molecule has 1 heterocycles. The lowest BCUT2D eigenvalue weighted by atomic mass is 9.85. The molecule has 0 saturated heterocycles. The minimum atomic E-state index is 0.0347. The van der Waals surface area contributed by atoms with Gasteiger partial charge in [-0.1, -0.05) is 36.8 Å². The molecule has 2 aromatic rings. The van der Waals surface area contributed by atoms with Crippen LogP contribution in [0.4, 0.5) is 5.69 Å². The standard InChI is InChI=1S/C22H24N2O2/c1-15-12-19-11-10-16(14-23-21(25)17-8-5-9-17)13-20(19)24(15)22(26)18-6-3-2-4-7-18/h2-4,6-7,10-11,13,15,17H,5,8-9,12,14H2,1H3,(H,23,25). The molecule has 4 heteroatoms. The van der Waals surface area contributed by atoms with Gasteiger partial charge >= 0.3 is 0 Å². The monoisotopic (exact) mass is 348 g/mol. The maximum absolute atomic E-state index is 13.0. The molecule has 0 radical (unpaired) electrons. The van der Waals surface area contributed by atoms with E-state index in [1.54, 1.807) is 0 Å². The van der Waals surface area contributed by atoms with Crippen molar-refractivity contribution in [2.45, 2.75) is 45.2 Å². The number of benzene rings is 2. The highest BCUT2D eigenvalue weighted by Gasteiger charge is 2.31. The van der Waals surface area contributed by atoms with Crippen molar-refractivity contribution in [2.24, 2.45) is 5.92 Å². The second-order valence-corrected chi connectivity index (χ2v) is 7.40. The Labute approximate surface area is 154 Å². The number of carbonyl (C=O) groups is 2. The van der Waals surface area contributed by atoms with E-state index in [2.05, 4.69) is 30.4 Å². The minimum absolute atomic E-state index is 0.0347. The van der Waals surface area contributed by atoms with Crippen LogP contribution in [0.5, 0.6) is 0 Å². The highest BCUT2D eigenvalue weighted by molar-refractivity contribution is 6.07. The number of fused-ring (bicyclic) bond motifs is 1. The minimum Gasteiger partial charge on any atom is -0.352 e. The Kier molecular flexibility index (Phi) is 4.49. The van der Waals surface area contributed by atoms with Crippen LogP contribution in [0.3, 0.4) is 0 Å². The lowest BCUT2D eigenvalue weighted by Crippen LogP contribution is -2.36. The highest BCUT2D eigenvalue weighted by atomic mass is 16.2. The summed E-state index contributed by atoms with van der Waals surface area (Å²) in [5.41, 5.74) is 3.91. The van der Waals surface area contributed by atoms with Crippen LogP contribution >= 0.6 is 0 Å². The average molecular weight is 348 g/mol. The molecule has 1 aliphatic heterocycles. The molecule has 1 unspecified atom stereocenters. The van der Waals surface area contributed by atoms with Crippen molar-refractivity contribution in [3.63, 3.8) is 0 Å². The Morgan fingerprint density at radius 2 is 1.88 bits per heavy atom. The first kappa shape index (κ1) is 16.8. The summed E-state index contributed by atoms with van der Waals surface area (Å²) in [6, 6.07) is 15.8. The first-order valence-electron chi connectivity index (χ1n) is 9.41. The van der Waals surface area contributed by atoms with E-state index in [0.29, 0.717) is 12.1 Å². The van der Waals surface area contributed by atoms with Gasteiger partial charge in [-0.15, -0.1) is 0 Å². The maximum atomic E-state index is 13.0. The molecule has 1 atom stereocenters. The molecule has 0 bridgehead atoms. The molecule has 1 aliphatic carbocycles. The molecular formula is C22H24N2O2. The second kappa shape index (κ2) is 6.94. The van der Waals surface area contributed by atoms with E-state index < -0.39 is 0 Å². The van der Waals surface area contributed by atoms with E-state index in [4.69, 9.17) is 0 Å². The van der Waals surface area contributed by atoms with Crippen molar-refractivity contribution in [1.29, 1.82) is 0 Å². The van der Waals surface area contributed by atoms with Gasteiger partial charge in [-0.05, 0) is 55.5 Å². The van der Waals surface area contributed by atoms with E-state index in [0.717, 1.165) is 36.9 Å². The van der Waals surface area contributed by atoms with E-state index in [1.165, 1.54) is 5.56 Å². The van der Waals surface area contributed by atoms with Crippen LogP contribution in [0.1, 0.15) is 47.7 Å². The zero-order valence-electron chi connectivity index (χ0n) is 15.1. The molecule has 134 valence electrons. The zero-order valence-corrected chi connectivity index (χ0v) is 15.1. The largest absolute Gasteiger partial charge is 0.352 e. The van der Waals surface area contributed by atoms with Crippen LogP contribution in [0, 0.1) is 5.92 Å². The van der Waals surface area contributed by atoms with Crippen molar-refractivity contribution in [3.05, 3.63) is 65.2 Å². The van der Waals surface area contributed by atoms with E-state index in [-0.39, 0.29) is 23.8 Å². The fraction of sp³-hybridized carbons (Fsp3) is 0.364. The lowest BCUT2D eigenvalue weighted by molar-refractivity contribution is -0.127. The molecule has 4 nitrogen and oxygen atoms in total. The third-order valence-corrected chi connectivity index (χ3v) is 5.55. The maximum Gasteiger partial charge on any atom is 0.258 e. The highest BCUT2D eigenvalue weighted by Crippen LogP contribution is 2.34. The van der Waals surface area contributed by atoms with E-state index in [1.807, 2.05) is 35.2 Å². The fourth-order valence-corrected chi connectivity index (χ4v) is 3.80. The molecule has 0 spiro atoms. The number of rotatable bonds is 4. The molecule has 1 N–H and O–H groups in total. The summed E-state index contributed by atoms with van der Waals surface area (Å²) in [5, 5.41) is 3.04. The van der Waals surface area contributed by atoms with Crippen LogP contribution in [-0.4, -0.2) is 17.9 Å². The van der Waals surface area contributed by atoms with Gasteiger partial charge in [0, 0.05) is 29.8 Å². The smallest absolute Gasteiger partial charge is 0.258 e. The Morgan fingerprint density at radius 3 is 2.58 bits per heavy atom. The number of hydrogen-bond acceptors (Lipinski definition) is 2. The molecule has 0 aromatic heterocycles. The van der Waals surface area contributed by atoms with Gasteiger partial charge in [-0.2, -0.15) is 0 Å². The Morgan fingerprint density at radius 1 is 1.12 bits per heavy atom. The number of nitrogens with one attached hydrogen (secondary N) is 1. The third-order valence-electron chi connectivity index (χ3n) is 5.55. The molecule has 2 amide bonds. The van der Waals surface area contributed by atoms with Gasteiger partial charge in [0.05, 0.1) is 0 Å². The summed E-state index contributed by atoms with van der Waals surface area (Å²) in [7, 11) is 0. The Bertz CT molecular complexity index is 827. The van der Waals surface area contributed by atoms with Crippen molar-refractivity contribution in [3.8, 4) is 0 Å². The Balaban J connectivity index is 1.53. The van der Waals surface area contributed by atoms with Crippen LogP contribution in [-0.2, 0) is 17.8 Å². The second-order valence-electron chi connectivity index (χ2n) is 7.40. The summed E-state index contributed by atoms with van der Waals surface area (Å²) in [6.45, 7) is 2.60. The summed E-state index contributed by atoms with van der Waals surface area (Å²) in [5.74, 6) is 0.385. The first-order valence-corrected chi connectivity index (χ1v) is 9.41.